The van der Waals surface area contributed by atoms with Gasteiger partial charge in [-0.2, -0.15) is 10.4 Å². The van der Waals surface area contributed by atoms with Gasteiger partial charge < -0.3 is 0 Å². The molecule has 2 aromatic rings. The zero-order valence-electron chi connectivity index (χ0n) is 11.5. The molecule has 2 rings (SSSR count). The van der Waals surface area contributed by atoms with Crippen LogP contribution in [0.15, 0.2) is 12.1 Å². The van der Waals surface area contributed by atoms with Crippen LogP contribution in [0.2, 0.25) is 0 Å². The predicted molar refractivity (Wildman–Crippen MR) is 72.3 cm³/mol. The van der Waals surface area contributed by atoms with Crippen molar-refractivity contribution < 1.29 is 0 Å². The second-order valence-corrected chi connectivity index (χ2v) is 4.79. The third-order valence-corrected chi connectivity index (χ3v) is 3.62. The summed E-state index contributed by atoms with van der Waals surface area (Å²) in [5, 5.41) is 13.1. The van der Waals surface area contributed by atoms with Gasteiger partial charge in [0.05, 0.1) is 5.69 Å². The SMILES string of the molecule is Cc1cc(C)c(C)c(-c2cc(C#N)nn2C)c1C. The molecule has 0 saturated carbocycles. The van der Waals surface area contributed by atoms with E-state index in [0.717, 1.165) is 5.69 Å². The van der Waals surface area contributed by atoms with Crippen LogP contribution in [0, 0.1) is 39.0 Å². The number of nitriles is 1. The molecule has 0 bridgehead atoms. The van der Waals surface area contributed by atoms with Crippen LogP contribution in [-0.4, -0.2) is 9.78 Å². The van der Waals surface area contributed by atoms with Gasteiger partial charge in [-0.15, -0.1) is 0 Å². The molecular formula is C15H17N3. The first-order valence-corrected chi connectivity index (χ1v) is 5.97. The number of benzene rings is 1. The normalized spacial score (nSPS) is 10.4. The van der Waals surface area contributed by atoms with Gasteiger partial charge in [-0.25, -0.2) is 0 Å². The van der Waals surface area contributed by atoms with E-state index in [1.54, 1.807) is 4.68 Å². The quantitative estimate of drug-likeness (QED) is 0.767. The molecule has 18 heavy (non-hydrogen) atoms. The summed E-state index contributed by atoms with van der Waals surface area (Å²) >= 11 is 0. The van der Waals surface area contributed by atoms with Crippen molar-refractivity contribution in [3.05, 3.63) is 40.1 Å². The van der Waals surface area contributed by atoms with E-state index in [9.17, 15) is 0 Å². The number of nitrogens with zero attached hydrogens (tertiary/aromatic N) is 3. The molecule has 0 unspecified atom stereocenters. The Morgan fingerprint density at radius 2 is 1.61 bits per heavy atom. The van der Waals surface area contributed by atoms with Crippen LogP contribution in [-0.2, 0) is 7.05 Å². The highest BCUT2D eigenvalue weighted by Crippen LogP contribution is 2.31. The molecule has 0 aliphatic heterocycles. The number of rotatable bonds is 1. The zero-order chi connectivity index (χ0) is 13.4. The lowest BCUT2D eigenvalue weighted by molar-refractivity contribution is 0.769. The van der Waals surface area contributed by atoms with E-state index in [1.165, 1.54) is 27.8 Å². The van der Waals surface area contributed by atoms with Crippen molar-refractivity contribution in [2.75, 3.05) is 0 Å². The second-order valence-electron chi connectivity index (χ2n) is 4.79. The Kier molecular flexibility index (Phi) is 2.96. The first kappa shape index (κ1) is 12.4. The molecule has 0 fully saturated rings. The standard InChI is InChI=1S/C15H17N3/c1-9-6-10(2)12(4)15(11(9)3)14-7-13(8-16)17-18(14)5/h6-7H,1-5H3. The molecule has 92 valence electrons. The molecule has 0 aliphatic rings. The summed E-state index contributed by atoms with van der Waals surface area (Å²) in [6, 6.07) is 6.15. The van der Waals surface area contributed by atoms with Crippen LogP contribution in [0.5, 0.6) is 0 Å². The Balaban J connectivity index is 2.78. The maximum absolute atomic E-state index is 8.94. The van der Waals surface area contributed by atoms with E-state index in [0.29, 0.717) is 5.69 Å². The summed E-state index contributed by atoms with van der Waals surface area (Å²) < 4.78 is 1.78. The van der Waals surface area contributed by atoms with Crippen molar-refractivity contribution in [1.29, 1.82) is 5.26 Å². The van der Waals surface area contributed by atoms with Gasteiger partial charge in [0.15, 0.2) is 5.69 Å². The van der Waals surface area contributed by atoms with Crippen molar-refractivity contribution in [3.8, 4) is 17.3 Å². The van der Waals surface area contributed by atoms with Crippen LogP contribution in [0.25, 0.3) is 11.3 Å². The van der Waals surface area contributed by atoms with Gasteiger partial charge in [0.1, 0.15) is 6.07 Å². The number of aryl methyl sites for hydroxylation is 3. The maximum Gasteiger partial charge on any atom is 0.163 e. The molecular weight excluding hydrogens is 222 g/mol. The van der Waals surface area contributed by atoms with Crippen LogP contribution in [0.3, 0.4) is 0 Å². The summed E-state index contributed by atoms with van der Waals surface area (Å²) in [6.45, 7) is 8.48. The van der Waals surface area contributed by atoms with Gasteiger partial charge in [0, 0.05) is 18.7 Å². The van der Waals surface area contributed by atoms with E-state index < -0.39 is 0 Å². The molecule has 0 radical (unpaired) electrons. The Hall–Kier alpha value is -2.08. The Morgan fingerprint density at radius 1 is 1.06 bits per heavy atom. The van der Waals surface area contributed by atoms with Crippen LogP contribution in [0.4, 0.5) is 0 Å². The Bertz CT molecular complexity index is 631. The van der Waals surface area contributed by atoms with Crippen molar-refractivity contribution in [1.82, 2.24) is 9.78 Å². The van der Waals surface area contributed by atoms with E-state index in [-0.39, 0.29) is 0 Å². The fourth-order valence-corrected chi connectivity index (χ4v) is 2.36. The molecule has 0 amide bonds. The van der Waals surface area contributed by atoms with Crippen molar-refractivity contribution in [2.45, 2.75) is 27.7 Å². The predicted octanol–water partition coefficient (Wildman–Crippen LogP) is 3.19. The summed E-state index contributed by atoms with van der Waals surface area (Å²) in [5.74, 6) is 0. The lowest BCUT2D eigenvalue weighted by atomic mass is 9.92. The van der Waals surface area contributed by atoms with Crippen LogP contribution in [0.1, 0.15) is 27.9 Å². The fourth-order valence-electron chi connectivity index (χ4n) is 2.36. The third-order valence-electron chi connectivity index (χ3n) is 3.62. The number of aromatic nitrogens is 2. The molecule has 1 aromatic carbocycles. The molecule has 1 aromatic heterocycles. The van der Waals surface area contributed by atoms with E-state index in [1.807, 2.05) is 13.1 Å². The minimum atomic E-state index is 0.463. The Morgan fingerprint density at radius 3 is 2.06 bits per heavy atom. The second kappa shape index (κ2) is 4.30. The smallest absolute Gasteiger partial charge is 0.163 e. The fraction of sp³-hybridized carbons (Fsp3) is 0.333. The first-order chi connectivity index (χ1) is 8.45. The highest BCUT2D eigenvalue weighted by Gasteiger charge is 2.15. The monoisotopic (exact) mass is 239 g/mol. The van der Waals surface area contributed by atoms with Crippen LogP contribution < -0.4 is 0 Å². The molecule has 0 saturated heterocycles. The van der Waals surface area contributed by atoms with Gasteiger partial charge in [0.2, 0.25) is 0 Å². The summed E-state index contributed by atoms with van der Waals surface area (Å²) in [6.07, 6.45) is 0. The molecule has 3 heteroatoms. The van der Waals surface area contributed by atoms with Gasteiger partial charge in [-0.1, -0.05) is 6.07 Å². The maximum atomic E-state index is 8.94. The molecule has 0 spiro atoms. The van der Waals surface area contributed by atoms with Gasteiger partial charge in [0.25, 0.3) is 0 Å². The molecule has 0 aliphatic carbocycles. The van der Waals surface area contributed by atoms with E-state index in [4.69, 9.17) is 5.26 Å². The highest BCUT2D eigenvalue weighted by atomic mass is 15.3. The van der Waals surface area contributed by atoms with E-state index >= 15 is 0 Å². The van der Waals surface area contributed by atoms with E-state index in [2.05, 4.69) is 44.9 Å². The largest absolute Gasteiger partial charge is 0.267 e. The van der Waals surface area contributed by atoms with Crippen LogP contribution >= 0.6 is 0 Å². The van der Waals surface area contributed by atoms with Gasteiger partial charge in [-0.3, -0.25) is 4.68 Å². The lowest BCUT2D eigenvalue weighted by Gasteiger charge is -2.15. The zero-order valence-corrected chi connectivity index (χ0v) is 11.5. The molecule has 0 atom stereocenters. The Labute approximate surface area is 108 Å². The van der Waals surface area contributed by atoms with Crippen molar-refractivity contribution in [3.63, 3.8) is 0 Å². The van der Waals surface area contributed by atoms with Gasteiger partial charge >= 0.3 is 0 Å². The summed E-state index contributed by atoms with van der Waals surface area (Å²) in [4.78, 5) is 0. The molecule has 1 heterocycles. The first-order valence-electron chi connectivity index (χ1n) is 5.97. The number of hydrogen-bond acceptors (Lipinski definition) is 2. The topological polar surface area (TPSA) is 41.6 Å². The lowest BCUT2D eigenvalue weighted by Crippen LogP contribution is -2.00. The van der Waals surface area contributed by atoms with Crippen molar-refractivity contribution >= 4 is 0 Å². The summed E-state index contributed by atoms with van der Waals surface area (Å²) in [7, 11) is 1.88. The van der Waals surface area contributed by atoms with Gasteiger partial charge in [-0.05, 0) is 49.9 Å². The third kappa shape index (κ3) is 1.80. The average molecular weight is 239 g/mol. The highest BCUT2D eigenvalue weighted by molar-refractivity contribution is 5.71. The minimum absolute atomic E-state index is 0.463. The average Bonchev–Trinajstić information content (AvgIpc) is 2.69. The number of hydrogen-bond donors (Lipinski definition) is 0. The summed E-state index contributed by atoms with van der Waals surface area (Å²) in [5.41, 5.74) is 7.72. The molecule has 0 N–H and O–H groups in total. The minimum Gasteiger partial charge on any atom is -0.267 e. The van der Waals surface area contributed by atoms with Crippen molar-refractivity contribution in [2.24, 2.45) is 7.05 Å². The molecule has 3 nitrogen and oxygen atoms in total.